The fraction of sp³-hybridized carbons (Fsp3) is 0.333. The van der Waals surface area contributed by atoms with Crippen molar-refractivity contribution >= 4 is 17.7 Å². The SMILES string of the molecule is C[C@H]1CCCC[C@@H]1NC(=O)/C(C#N)=C/c1ccc(-c2cccc([N+](=O)[O-])c2)o1. The normalized spacial score (nSPS) is 19.6. The molecule has 0 spiro atoms. The van der Waals surface area contributed by atoms with Crippen molar-refractivity contribution in [1.82, 2.24) is 5.32 Å². The third-order valence-electron chi connectivity index (χ3n) is 5.05. The molecule has 1 amide bonds. The van der Waals surface area contributed by atoms with Crippen LogP contribution in [-0.4, -0.2) is 16.9 Å². The van der Waals surface area contributed by atoms with E-state index in [9.17, 15) is 20.2 Å². The van der Waals surface area contributed by atoms with Gasteiger partial charge in [0.1, 0.15) is 23.2 Å². The van der Waals surface area contributed by atoms with E-state index in [2.05, 4.69) is 12.2 Å². The molecular weight excluding hydrogens is 358 g/mol. The van der Waals surface area contributed by atoms with Crippen LogP contribution in [0, 0.1) is 27.4 Å². The number of nitro groups is 1. The van der Waals surface area contributed by atoms with Crippen molar-refractivity contribution < 1.29 is 14.1 Å². The van der Waals surface area contributed by atoms with Crippen LogP contribution >= 0.6 is 0 Å². The highest BCUT2D eigenvalue weighted by Gasteiger charge is 2.24. The Kier molecular flexibility index (Phi) is 5.90. The predicted molar refractivity (Wildman–Crippen MR) is 104 cm³/mol. The zero-order valence-corrected chi connectivity index (χ0v) is 15.6. The number of furan rings is 1. The van der Waals surface area contributed by atoms with Gasteiger partial charge in [-0.25, -0.2) is 0 Å². The van der Waals surface area contributed by atoms with Gasteiger partial charge >= 0.3 is 0 Å². The first-order valence-corrected chi connectivity index (χ1v) is 9.25. The molecule has 1 aliphatic rings. The Morgan fingerprint density at radius 1 is 1.32 bits per heavy atom. The maximum atomic E-state index is 12.5. The first-order chi connectivity index (χ1) is 13.5. The molecule has 7 nitrogen and oxygen atoms in total. The number of benzene rings is 1. The summed E-state index contributed by atoms with van der Waals surface area (Å²) in [5, 5.41) is 23.3. The quantitative estimate of drug-likeness (QED) is 0.357. The number of hydrogen-bond acceptors (Lipinski definition) is 5. The third kappa shape index (κ3) is 4.46. The van der Waals surface area contributed by atoms with Gasteiger partial charge in [-0.15, -0.1) is 0 Å². The molecule has 1 aliphatic carbocycles. The smallest absolute Gasteiger partial charge is 0.270 e. The monoisotopic (exact) mass is 379 g/mol. The number of nitrogens with one attached hydrogen (secondary N) is 1. The molecule has 0 saturated heterocycles. The Balaban J connectivity index is 1.76. The van der Waals surface area contributed by atoms with Gasteiger partial charge in [-0.2, -0.15) is 5.26 Å². The van der Waals surface area contributed by atoms with Crippen molar-refractivity contribution in [3.8, 4) is 17.4 Å². The minimum absolute atomic E-state index is 0.0299. The van der Waals surface area contributed by atoms with Crippen LogP contribution in [0.5, 0.6) is 0 Å². The van der Waals surface area contributed by atoms with Gasteiger partial charge in [-0.3, -0.25) is 14.9 Å². The van der Waals surface area contributed by atoms with Gasteiger partial charge in [0.05, 0.1) is 4.92 Å². The summed E-state index contributed by atoms with van der Waals surface area (Å²) in [7, 11) is 0. The van der Waals surface area contributed by atoms with Gasteiger partial charge in [0.2, 0.25) is 0 Å². The maximum Gasteiger partial charge on any atom is 0.270 e. The van der Waals surface area contributed by atoms with Crippen LogP contribution in [0.1, 0.15) is 38.4 Å². The molecule has 3 rings (SSSR count). The number of carbonyl (C=O) groups excluding carboxylic acids is 1. The summed E-state index contributed by atoms with van der Waals surface area (Å²) in [4.78, 5) is 22.9. The average Bonchev–Trinajstić information content (AvgIpc) is 3.16. The van der Waals surface area contributed by atoms with Crippen molar-refractivity contribution in [2.45, 2.75) is 38.6 Å². The number of non-ortho nitro benzene ring substituents is 1. The van der Waals surface area contributed by atoms with Crippen molar-refractivity contribution in [2.24, 2.45) is 5.92 Å². The molecule has 0 bridgehead atoms. The Hall–Kier alpha value is -3.40. The lowest BCUT2D eigenvalue weighted by atomic mass is 9.86. The van der Waals surface area contributed by atoms with E-state index in [0.717, 1.165) is 19.3 Å². The largest absolute Gasteiger partial charge is 0.457 e. The number of carbonyl (C=O) groups is 1. The molecule has 144 valence electrons. The topological polar surface area (TPSA) is 109 Å². The van der Waals surface area contributed by atoms with E-state index < -0.39 is 10.8 Å². The molecule has 0 unspecified atom stereocenters. The summed E-state index contributed by atoms with van der Waals surface area (Å²) in [6.07, 6.45) is 5.63. The molecule has 0 aliphatic heterocycles. The van der Waals surface area contributed by atoms with Gasteiger partial charge < -0.3 is 9.73 Å². The summed E-state index contributed by atoms with van der Waals surface area (Å²) >= 11 is 0. The molecule has 7 heteroatoms. The minimum Gasteiger partial charge on any atom is -0.457 e. The van der Waals surface area contributed by atoms with Gasteiger partial charge in [0.15, 0.2) is 0 Å². The van der Waals surface area contributed by atoms with Crippen LogP contribution in [0.15, 0.2) is 46.4 Å². The molecule has 1 aromatic heterocycles. The Morgan fingerprint density at radius 3 is 2.82 bits per heavy atom. The fourth-order valence-electron chi connectivity index (χ4n) is 3.43. The van der Waals surface area contributed by atoms with E-state index in [1.54, 1.807) is 24.3 Å². The number of hydrogen-bond donors (Lipinski definition) is 1. The molecule has 1 heterocycles. The van der Waals surface area contributed by atoms with E-state index in [1.807, 2.05) is 6.07 Å². The van der Waals surface area contributed by atoms with Crippen LogP contribution in [0.2, 0.25) is 0 Å². The van der Waals surface area contributed by atoms with Gasteiger partial charge in [0, 0.05) is 29.8 Å². The van der Waals surface area contributed by atoms with E-state index in [1.165, 1.54) is 24.6 Å². The summed E-state index contributed by atoms with van der Waals surface area (Å²) in [5.74, 6) is 0.745. The Labute approximate surface area is 162 Å². The Bertz CT molecular complexity index is 955. The number of nitro benzene ring substituents is 1. The van der Waals surface area contributed by atoms with Gasteiger partial charge in [-0.05, 0) is 30.9 Å². The molecule has 28 heavy (non-hydrogen) atoms. The van der Waals surface area contributed by atoms with Crippen LogP contribution in [-0.2, 0) is 4.79 Å². The van der Waals surface area contributed by atoms with E-state index in [-0.39, 0.29) is 17.3 Å². The molecule has 1 aromatic carbocycles. The highest BCUT2D eigenvalue weighted by molar-refractivity contribution is 6.01. The molecule has 2 atom stereocenters. The predicted octanol–water partition coefficient (Wildman–Crippen LogP) is 4.46. The molecule has 0 radical (unpaired) electrons. The first-order valence-electron chi connectivity index (χ1n) is 9.25. The van der Waals surface area contributed by atoms with Crippen molar-refractivity contribution in [1.29, 1.82) is 5.26 Å². The number of nitrogens with zero attached hydrogens (tertiary/aromatic N) is 2. The van der Waals surface area contributed by atoms with E-state index >= 15 is 0 Å². The van der Waals surface area contributed by atoms with Crippen LogP contribution in [0.3, 0.4) is 0 Å². The number of amides is 1. The Morgan fingerprint density at radius 2 is 2.11 bits per heavy atom. The zero-order valence-electron chi connectivity index (χ0n) is 15.6. The van der Waals surface area contributed by atoms with Crippen LogP contribution < -0.4 is 5.32 Å². The molecule has 1 fully saturated rings. The number of nitriles is 1. The third-order valence-corrected chi connectivity index (χ3v) is 5.05. The van der Waals surface area contributed by atoms with E-state index in [0.29, 0.717) is 23.0 Å². The van der Waals surface area contributed by atoms with Crippen LogP contribution in [0.4, 0.5) is 5.69 Å². The maximum absolute atomic E-state index is 12.5. The second-order valence-corrected chi connectivity index (χ2v) is 7.02. The minimum atomic E-state index is -0.475. The summed E-state index contributed by atoms with van der Waals surface area (Å²) in [6, 6.07) is 11.4. The highest BCUT2D eigenvalue weighted by atomic mass is 16.6. The van der Waals surface area contributed by atoms with Gasteiger partial charge in [-0.1, -0.05) is 31.9 Å². The summed E-state index contributed by atoms with van der Waals surface area (Å²) in [5.41, 5.74) is 0.482. The second-order valence-electron chi connectivity index (χ2n) is 7.02. The second kappa shape index (κ2) is 8.53. The lowest BCUT2D eigenvalue weighted by molar-refractivity contribution is -0.384. The molecular formula is C21H21N3O4. The lowest BCUT2D eigenvalue weighted by Gasteiger charge is -2.29. The summed E-state index contributed by atoms with van der Waals surface area (Å²) in [6.45, 7) is 2.11. The average molecular weight is 379 g/mol. The standard InChI is InChI=1S/C21H21N3O4/c1-14-5-2-3-8-19(14)23-21(25)16(13-22)12-18-9-10-20(28-18)15-6-4-7-17(11-15)24(26)27/h4,6-7,9-12,14,19H,2-3,5,8H2,1H3,(H,23,25)/b16-12+/t14-,19-/m0/s1. The van der Waals surface area contributed by atoms with Gasteiger partial charge in [0.25, 0.3) is 11.6 Å². The molecule has 1 N–H and O–H groups in total. The summed E-state index contributed by atoms with van der Waals surface area (Å²) < 4.78 is 5.67. The number of rotatable bonds is 5. The van der Waals surface area contributed by atoms with E-state index in [4.69, 9.17) is 4.42 Å². The van der Waals surface area contributed by atoms with Crippen molar-refractivity contribution in [2.75, 3.05) is 0 Å². The van der Waals surface area contributed by atoms with Crippen molar-refractivity contribution in [3.63, 3.8) is 0 Å². The lowest BCUT2D eigenvalue weighted by Crippen LogP contribution is -2.41. The van der Waals surface area contributed by atoms with Crippen LogP contribution in [0.25, 0.3) is 17.4 Å². The molecule has 1 saturated carbocycles. The van der Waals surface area contributed by atoms with Crippen molar-refractivity contribution in [3.05, 3.63) is 57.8 Å². The highest BCUT2D eigenvalue weighted by Crippen LogP contribution is 2.27. The molecule has 2 aromatic rings. The fourth-order valence-corrected chi connectivity index (χ4v) is 3.43. The zero-order chi connectivity index (χ0) is 20.1. The first kappa shape index (κ1) is 19.4.